The third-order valence-corrected chi connectivity index (χ3v) is 12.6. The molecule has 5 heteroatoms. The second-order valence-corrected chi connectivity index (χ2v) is 15.4. The quantitative estimate of drug-likeness (QED) is 0.182. The molecule has 0 N–H and O–H groups in total. The molecule has 0 bridgehead atoms. The minimum atomic E-state index is -0.493. The Hall–Kier alpha value is -6.82. The highest BCUT2D eigenvalue weighted by Crippen LogP contribution is 2.63. The Morgan fingerprint density at radius 1 is 0.436 bits per heavy atom. The smallest absolute Gasteiger partial charge is 0.183 e. The Bertz CT molecular complexity index is 3170. The molecule has 1 aliphatic carbocycles. The van der Waals surface area contributed by atoms with Gasteiger partial charge in [-0.05, 0) is 80.6 Å². The first kappa shape index (κ1) is 30.6. The summed E-state index contributed by atoms with van der Waals surface area (Å²) in [6.07, 6.45) is 0. The predicted octanol–water partition coefficient (Wildman–Crippen LogP) is 12.8. The predicted molar refractivity (Wildman–Crippen MR) is 222 cm³/mol. The fourth-order valence-corrected chi connectivity index (χ4v) is 10.4. The van der Waals surface area contributed by atoms with Crippen molar-refractivity contribution in [1.29, 1.82) is 0 Å². The molecular weight excluding hydrogens is 691 g/mol. The maximum absolute atomic E-state index is 6.25. The van der Waals surface area contributed by atoms with Gasteiger partial charge in [0.25, 0.3) is 0 Å². The summed E-state index contributed by atoms with van der Waals surface area (Å²) in [7, 11) is 0. The van der Waals surface area contributed by atoms with Crippen LogP contribution in [-0.4, -0.2) is 15.2 Å². The Morgan fingerprint density at radius 3 is 1.91 bits per heavy atom. The normalized spacial score (nSPS) is 13.5. The maximum atomic E-state index is 6.25. The van der Waals surface area contributed by atoms with Crippen molar-refractivity contribution < 1.29 is 4.42 Å². The molecule has 10 aromatic rings. The van der Waals surface area contributed by atoms with Crippen LogP contribution in [0.25, 0.3) is 77.7 Å². The summed E-state index contributed by atoms with van der Waals surface area (Å²) in [4.78, 5) is 8.08. The molecule has 1 spiro atoms. The first-order chi connectivity index (χ1) is 27.3. The van der Waals surface area contributed by atoms with Crippen molar-refractivity contribution in [3.8, 4) is 45.0 Å². The molecule has 256 valence electrons. The summed E-state index contributed by atoms with van der Waals surface area (Å²) in [6, 6.07) is 62.6. The number of aromatic nitrogens is 3. The molecule has 2 aromatic heterocycles. The molecule has 8 aromatic carbocycles. The molecule has 0 unspecified atom stereocenters. The summed E-state index contributed by atoms with van der Waals surface area (Å²) < 4.78 is 6.25. The van der Waals surface area contributed by atoms with E-state index in [1.54, 1.807) is 0 Å². The number of rotatable bonds is 3. The minimum absolute atomic E-state index is 0.493. The first-order valence-corrected chi connectivity index (χ1v) is 19.3. The number of fused-ring (bicyclic) bond motifs is 13. The average molecular weight is 720 g/mol. The van der Waals surface area contributed by atoms with E-state index in [0.29, 0.717) is 5.82 Å². The minimum Gasteiger partial charge on any atom is -0.456 e. The van der Waals surface area contributed by atoms with Gasteiger partial charge in [-0.2, -0.15) is 0 Å². The van der Waals surface area contributed by atoms with Crippen LogP contribution in [0.2, 0.25) is 0 Å². The average Bonchev–Trinajstić information content (AvgIpc) is 3.77. The molecule has 2 aliphatic rings. The van der Waals surface area contributed by atoms with Crippen LogP contribution in [0.1, 0.15) is 22.3 Å². The van der Waals surface area contributed by atoms with E-state index in [0.717, 1.165) is 66.4 Å². The van der Waals surface area contributed by atoms with Gasteiger partial charge in [0.1, 0.15) is 22.6 Å². The van der Waals surface area contributed by atoms with Crippen LogP contribution in [0.3, 0.4) is 0 Å². The topological polar surface area (TPSA) is 51.8 Å². The molecule has 1 aliphatic heterocycles. The number of hydrogen-bond donors (Lipinski definition) is 0. The van der Waals surface area contributed by atoms with Crippen molar-refractivity contribution in [2.75, 3.05) is 0 Å². The summed E-state index contributed by atoms with van der Waals surface area (Å²) >= 11 is 1.85. The highest BCUT2D eigenvalue weighted by Gasteiger charge is 2.50. The van der Waals surface area contributed by atoms with Crippen LogP contribution in [0.4, 0.5) is 0 Å². The van der Waals surface area contributed by atoms with Crippen LogP contribution < -0.4 is 0 Å². The lowest BCUT2D eigenvalue weighted by atomic mass is 9.67. The fourth-order valence-electron chi connectivity index (χ4n) is 9.22. The van der Waals surface area contributed by atoms with Gasteiger partial charge in [0.05, 0.1) is 5.41 Å². The van der Waals surface area contributed by atoms with Crippen molar-refractivity contribution in [2.24, 2.45) is 0 Å². The standard InChI is InChI=1S/C50H29N3OS/c1-2-15-32-30(13-1)14-11-18-34(32)48-47(31-27-28-43-37(29-31)33-16-4-8-24-42(33)54-43)51-49(53-52-48)36-19-12-23-41-46(36)35-17-3-5-20-38(35)50(41)39-21-6-9-25-44(39)55-45-26-10-7-22-40(45)50/h1-29H. The number of benzene rings is 8. The molecule has 0 saturated carbocycles. The Morgan fingerprint density at radius 2 is 1.05 bits per heavy atom. The zero-order chi connectivity index (χ0) is 36.1. The second-order valence-electron chi connectivity index (χ2n) is 14.3. The van der Waals surface area contributed by atoms with Gasteiger partial charge >= 0.3 is 0 Å². The molecule has 0 amide bonds. The van der Waals surface area contributed by atoms with Gasteiger partial charge in [-0.3, -0.25) is 0 Å². The van der Waals surface area contributed by atoms with E-state index >= 15 is 0 Å². The fraction of sp³-hybridized carbons (Fsp3) is 0.0200. The van der Waals surface area contributed by atoms with Crippen molar-refractivity contribution in [1.82, 2.24) is 15.2 Å². The van der Waals surface area contributed by atoms with E-state index < -0.39 is 5.41 Å². The lowest BCUT2D eigenvalue weighted by Gasteiger charge is -2.39. The third kappa shape index (κ3) is 4.27. The highest BCUT2D eigenvalue weighted by atomic mass is 32.2. The maximum Gasteiger partial charge on any atom is 0.183 e. The zero-order valence-electron chi connectivity index (χ0n) is 29.4. The van der Waals surface area contributed by atoms with E-state index in [4.69, 9.17) is 19.6 Å². The van der Waals surface area contributed by atoms with Gasteiger partial charge in [-0.25, -0.2) is 4.98 Å². The van der Waals surface area contributed by atoms with Crippen LogP contribution in [0, 0.1) is 0 Å². The van der Waals surface area contributed by atoms with Gasteiger partial charge in [0.15, 0.2) is 5.82 Å². The molecule has 0 fully saturated rings. The van der Waals surface area contributed by atoms with Crippen LogP contribution in [0.5, 0.6) is 0 Å². The summed E-state index contributed by atoms with van der Waals surface area (Å²) in [5.41, 5.74) is 13.1. The van der Waals surface area contributed by atoms with E-state index in [-0.39, 0.29) is 0 Å². The van der Waals surface area contributed by atoms with Gasteiger partial charge in [-0.15, -0.1) is 10.2 Å². The number of nitrogens with zero attached hydrogens (tertiary/aromatic N) is 3. The van der Waals surface area contributed by atoms with Crippen LogP contribution >= 0.6 is 11.8 Å². The van der Waals surface area contributed by atoms with Crippen molar-refractivity contribution in [3.63, 3.8) is 0 Å². The number of hydrogen-bond acceptors (Lipinski definition) is 5. The van der Waals surface area contributed by atoms with Crippen LogP contribution in [0.15, 0.2) is 190 Å². The number of para-hydroxylation sites is 1. The van der Waals surface area contributed by atoms with E-state index in [9.17, 15) is 0 Å². The van der Waals surface area contributed by atoms with Crippen LogP contribution in [-0.2, 0) is 5.41 Å². The second kappa shape index (κ2) is 11.6. The molecule has 4 nitrogen and oxygen atoms in total. The molecule has 12 rings (SSSR count). The van der Waals surface area contributed by atoms with Crippen molar-refractivity contribution in [2.45, 2.75) is 15.2 Å². The molecule has 0 atom stereocenters. The highest BCUT2D eigenvalue weighted by molar-refractivity contribution is 7.99. The Labute approximate surface area is 321 Å². The first-order valence-electron chi connectivity index (χ1n) is 18.5. The van der Waals surface area contributed by atoms with E-state index in [2.05, 4.69) is 164 Å². The van der Waals surface area contributed by atoms with Crippen molar-refractivity contribution in [3.05, 3.63) is 198 Å². The summed E-state index contributed by atoms with van der Waals surface area (Å²) in [6.45, 7) is 0. The Balaban J connectivity index is 1.14. The van der Waals surface area contributed by atoms with Gasteiger partial charge in [0.2, 0.25) is 0 Å². The molecule has 3 heterocycles. The third-order valence-electron chi connectivity index (χ3n) is 11.5. The summed E-state index contributed by atoms with van der Waals surface area (Å²) in [5, 5.41) is 14.5. The lowest BCUT2D eigenvalue weighted by Crippen LogP contribution is -2.31. The van der Waals surface area contributed by atoms with Gasteiger partial charge in [-0.1, -0.05) is 151 Å². The summed E-state index contributed by atoms with van der Waals surface area (Å²) in [5.74, 6) is 0.589. The van der Waals surface area contributed by atoms with E-state index in [1.165, 1.54) is 37.6 Å². The largest absolute Gasteiger partial charge is 0.456 e. The molecule has 0 saturated heterocycles. The van der Waals surface area contributed by atoms with E-state index in [1.807, 2.05) is 23.9 Å². The zero-order valence-corrected chi connectivity index (χ0v) is 30.2. The molecular formula is C50H29N3OS. The monoisotopic (exact) mass is 719 g/mol. The molecule has 55 heavy (non-hydrogen) atoms. The SMILES string of the molecule is c1ccc2c(c1)Sc1ccccc1C21c2ccccc2-c2c(-c3nnc(-c4cccc5ccccc45)c(-c4ccc5oc6ccccc6c5c4)n3)cccc21. The Kier molecular flexibility index (Phi) is 6.45. The number of furan rings is 1. The van der Waals surface area contributed by atoms with Gasteiger partial charge in [0, 0.05) is 37.3 Å². The van der Waals surface area contributed by atoms with Crippen molar-refractivity contribution >= 4 is 44.5 Å². The van der Waals surface area contributed by atoms with Gasteiger partial charge < -0.3 is 4.42 Å². The molecule has 0 radical (unpaired) electrons. The lowest BCUT2D eigenvalue weighted by molar-refractivity contribution is 0.669.